The van der Waals surface area contributed by atoms with Crippen LogP contribution in [0.25, 0.3) is 31.3 Å². The third-order valence-electron chi connectivity index (χ3n) is 12.8. The molecule has 3 saturated heterocycles. The van der Waals surface area contributed by atoms with Gasteiger partial charge in [0.1, 0.15) is 0 Å². The van der Waals surface area contributed by atoms with Crippen LogP contribution in [0.1, 0.15) is 34.6 Å². The number of ether oxygens (including phenoxy) is 2. The minimum Gasteiger partial charge on any atom is -0.441 e. The van der Waals surface area contributed by atoms with Crippen molar-refractivity contribution in [1.82, 2.24) is 9.80 Å². The number of hydrogen-bond acceptors (Lipinski definition) is 13. The molecule has 0 bridgehead atoms. The van der Waals surface area contributed by atoms with Crippen molar-refractivity contribution in [2.45, 2.75) is 40.7 Å². The number of fused-ring (bicyclic) bond motifs is 2. The molecule has 9 N–H and O–H groups in total. The first-order chi connectivity index (χ1) is 33.9. The minimum absolute atomic E-state index is 0.00499. The number of nitrogens with one attached hydrogen (secondary N) is 3. The van der Waals surface area contributed by atoms with Gasteiger partial charge in [0, 0.05) is 59.6 Å². The molecule has 6 heterocycles. The van der Waals surface area contributed by atoms with Gasteiger partial charge in [0.05, 0.1) is 47.3 Å². The Labute approximate surface area is 422 Å². The Morgan fingerprint density at radius 1 is 0.571 bits per heavy atom. The molecular formula is C53H64N8O6S3. The number of thiophene rings is 3. The molecular weight excluding hydrogens is 941 g/mol. The average Bonchev–Trinajstić information content (AvgIpc) is 3.93. The zero-order valence-electron chi connectivity index (χ0n) is 40.5. The van der Waals surface area contributed by atoms with E-state index < -0.39 is 6.09 Å². The Hall–Kier alpha value is -6.24. The molecule has 2 aliphatic carbocycles. The summed E-state index contributed by atoms with van der Waals surface area (Å²) in [7, 11) is 2.11. The van der Waals surface area contributed by atoms with Crippen molar-refractivity contribution in [3.05, 3.63) is 107 Å². The van der Waals surface area contributed by atoms with Crippen LogP contribution >= 0.6 is 34.0 Å². The van der Waals surface area contributed by atoms with E-state index in [0.29, 0.717) is 78.4 Å². The fourth-order valence-corrected chi connectivity index (χ4v) is 11.3. The predicted octanol–water partition coefficient (Wildman–Crippen LogP) is 10.4. The summed E-state index contributed by atoms with van der Waals surface area (Å²) in [6.45, 7) is 14.0. The SMILES string of the molecule is CC.CC.CC(=O)N1CC2C(C1)C2C(=O)Nc1cc(-c2cccs2)ccc1N.CN1CC2C(C1)C2C(=O)Nc1cc(-c2cccs2)ccc1N.Nc1ccc(-c2cccs2)cc1NC(=O)OC1COC1. The fourth-order valence-electron chi connectivity index (χ4n) is 9.09. The van der Waals surface area contributed by atoms with E-state index in [2.05, 4.69) is 34.0 Å². The highest BCUT2D eigenvalue weighted by atomic mass is 32.1. The summed E-state index contributed by atoms with van der Waals surface area (Å²) in [5.74, 6) is 2.08. The Bertz CT molecular complexity index is 2690. The molecule has 3 aromatic carbocycles. The van der Waals surface area contributed by atoms with E-state index >= 15 is 0 Å². The molecule has 5 aliphatic rings. The molecule has 4 unspecified atom stereocenters. The molecule has 4 amide bonds. The number of nitrogens with two attached hydrogens (primary N) is 3. The molecule has 2 saturated carbocycles. The predicted molar refractivity (Wildman–Crippen MR) is 288 cm³/mol. The van der Waals surface area contributed by atoms with Crippen LogP contribution in [-0.4, -0.2) is 86.2 Å². The molecule has 70 heavy (non-hydrogen) atoms. The van der Waals surface area contributed by atoms with Crippen LogP contribution in [0.2, 0.25) is 0 Å². The zero-order valence-corrected chi connectivity index (χ0v) is 42.9. The van der Waals surface area contributed by atoms with Gasteiger partial charge >= 0.3 is 6.09 Å². The summed E-state index contributed by atoms with van der Waals surface area (Å²) < 4.78 is 10.1. The summed E-state index contributed by atoms with van der Waals surface area (Å²) in [5, 5.41) is 14.8. The van der Waals surface area contributed by atoms with Gasteiger partial charge in [-0.3, -0.25) is 19.7 Å². The maximum Gasteiger partial charge on any atom is 0.412 e. The number of likely N-dealkylation sites (tertiary alicyclic amines) is 2. The van der Waals surface area contributed by atoms with Crippen LogP contribution in [0, 0.1) is 35.5 Å². The second-order valence-electron chi connectivity index (χ2n) is 17.4. The number of carbonyl (C=O) groups excluding carboxylic acids is 4. The summed E-state index contributed by atoms with van der Waals surface area (Å²) in [4.78, 5) is 55.7. The number of piperidine rings is 2. The Morgan fingerprint density at radius 2 is 0.943 bits per heavy atom. The Kier molecular flexibility index (Phi) is 17.4. The molecule has 3 aromatic heterocycles. The van der Waals surface area contributed by atoms with Gasteiger partial charge in [-0.15, -0.1) is 34.0 Å². The third-order valence-corrected chi connectivity index (χ3v) is 15.6. The van der Waals surface area contributed by atoms with Crippen LogP contribution in [0.15, 0.2) is 107 Å². The van der Waals surface area contributed by atoms with E-state index in [1.165, 1.54) is 4.88 Å². The van der Waals surface area contributed by atoms with E-state index in [0.717, 1.165) is 45.2 Å². The number of rotatable bonds is 9. The first-order valence-electron chi connectivity index (χ1n) is 23.8. The first-order valence-corrected chi connectivity index (χ1v) is 26.5. The van der Waals surface area contributed by atoms with E-state index in [9.17, 15) is 19.2 Å². The lowest BCUT2D eigenvalue weighted by atomic mass is 10.1. The number of hydrogen-bond donors (Lipinski definition) is 6. The summed E-state index contributed by atoms with van der Waals surface area (Å²) in [6.07, 6.45) is -0.662. The standard InChI is InChI=1S/C18H19N3O2S.C17H19N3OS.C14H14N2O3S.2C2H6/c1-10(22)21-8-12-13(9-21)17(12)18(23)20-15-7-11(4-5-14(15)19)16-3-2-6-24-16;1-20-8-11-12(9-20)16(11)17(21)19-14-7-10(4-5-13(14)18)15-3-2-6-22-15;15-11-4-3-9(13-2-1-5-20-13)6-12(11)16-14(17)19-10-7-18-8-10;2*1-2/h2-7,12-13,17H,8-9,19H2,1H3,(H,20,23);2-7,11-12,16H,8-9,18H2,1H3,(H,19,21);1-6,10H,7-8,15H2,(H,16,17);2*1-2H3. The molecule has 370 valence electrons. The Balaban J connectivity index is 0.000000150. The molecule has 17 heteroatoms. The molecule has 14 nitrogen and oxygen atoms in total. The van der Waals surface area contributed by atoms with Crippen molar-refractivity contribution in [3.63, 3.8) is 0 Å². The average molecular weight is 1010 g/mol. The number of anilines is 6. The van der Waals surface area contributed by atoms with E-state index in [4.69, 9.17) is 26.7 Å². The molecule has 0 radical (unpaired) electrons. The second kappa shape index (κ2) is 23.6. The van der Waals surface area contributed by atoms with Gasteiger partial charge < -0.3 is 47.1 Å². The molecule has 3 aliphatic heterocycles. The monoisotopic (exact) mass is 1000 g/mol. The van der Waals surface area contributed by atoms with Crippen LogP contribution in [0.4, 0.5) is 38.9 Å². The smallest absolute Gasteiger partial charge is 0.412 e. The van der Waals surface area contributed by atoms with Crippen LogP contribution < -0.4 is 33.2 Å². The van der Waals surface area contributed by atoms with Gasteiger partial charge in [0.15, 0.2) is 6.10 Å². The normalized spacial score (nSPS) is 21.1. The maximum absolute atomic E-state index is 12.5. The number of nitrogen functional groups attached to an aromatic ring is 3. The first kappa shape index (κ1) is 51.6. The van der Waals surface area contributed by atoms with Crippen molar-refractivity contribution in [2.75, 3.05) is 79.6 Å². The number of nitrogens with zero attached hydrogens (tertiary/aromatic N) is 2. The van der Waals surface area contributed by atoms with Crippen molar-refractivity contribution < 1.29 is 28.7 Å². The van der Waals surface area contributed by atoms with Crippen LogP contribution in [0.5, 0.6) is 0 Å². The van der Waals surface area contributed by atoms with Crippen molar-refractivity contribution in [2.24, 2.45) is 35.5 Å². The Morgan fingerprint density at radius 3 is 1.27 bits per heavy atom. The van der Waals surface area contributed by atoms with Crippen molar-refractivity contribution in [3.8, 4) is 31.3 Å². The second-order valence-corrected chi connectivity index (χ2v) is 20.2. The molecule has 5 fully saturated rings. The van der Waals surface area contributed by atoms with Crippen LogP contribution in [0.3, 0.4) is 0 Å². The highest BCUT2D eigenvalue weighted by Gasteiger charge is 2.60. The lowest BCUT2D eigenvalue weighted by Gasteiger charge is -2.25. The van der Waals surface area contributed by atoms with Gasteiger partial charge in [0.2, 0.25) is 17.7 Å². The topological polar surface area (TPSA) is 207 Å². The molecule has 11 rings (SSSR count). The van der Waals surface area contributed by atoms with Gasteiger partial charge in [-0.2, -0.15) is 0 Å². The molecule has 6 aromatic rings. The zero-order chi connectivity index (χ0) is 50.1. The minimum atomic E-state index is -0.506. The number of carbonyl (C=O) groups is 4. The van der Waals surface area contributed by atoms with Gasteiger partial charge in [-0.25, -0.2) is 4.79 Å². The summed E-state index contributed by atoms with van der Waals surface area (Å²) in [5.41, 5.74) is 24.7. The third kappa shape index (κ3) is 12.4. The van der Waals surface area contributed by atoms with Gasteiger partial charge in [-0.05, 0) is 118 Å². The van der Waals surface area contributed by atoms with Gasteiger partial charge in [-0.1, -0.05) is 64.1 Å². The van der Waals surface area contributed by atoms with Crippen LogP contribution in [-0.2, 0) is 23.9 Å². The van der Waals surface area contributed by atoms with E-state index in [-0.39, 0.29) is 35.7 Å². The largest absolute Gasteiger partial charge is 0.441 e. The van der Waals surface area contributed by atoms with Crippen molar-refractivity contribution in [1.29, 1.82) is 0 Å². The van der Waals surface area contributed by atoms with E-state index in [1.54, 1.807) is 47.0 Å². The molecule has 0 spiro atoms. The summed E-state index contributed by atoms with van der Waals surface area (Å²) >= 11 is 4.97. The highest BCUT2D eigenvalue weighted by molar-refractivity contribution is 7.14. The fraction of sp³-hybridized carbons (Fsp3) is 0.358. The van der Waals surface area contributed by atoms with E-state index in [1.807, 2.05) is 128 Å². The number of amides is 4. The molecule has 4 atom stereocenters. The quantitative estimate of drug-likeness (QED) is 0.0756. The lowest BCUT2D eigenvalue weighted by molar-refractivity contribution is -0.129. The number of benzene rings is 3. The maximum atomic E-state index is 12.5. The highest BCUT2D eigenvalue weighted by Crippen LogP contribution is 2.53. The lowest BCUT2D eigenvalue weighted by Crippen LogP contribution is -2.39. The van der Waals surface area contributed by atoms with Crippen molar-refractivity contribution >= 4 is 91.9 Å². The van der Waals surface area contributed by atoms with Gasteiger partial charge in [0.25, 0.3) is 0 Å². The summed E-state index contributed by atoms with van der Waals surface area (Å²) in [6, 6.07) is 29.3.